The fraction of sp³-hybridized carbons (Fsp3) is 0.233. The zero-order valence-corrected chi connectivity index (χ0v) is 23.5. The summed E-state index contributed by atoms with van der Waals surface area (Å²) in [6.07, 6.45) is 0.00579. The first-order valence-electron chi connectivity index (χ1n) is 12.8. The lowest BCUT2D eigenvalue weighted by molar-refractivity contribution is -0.143. The van der Waals surface area contributed by atoms with E-state index < -0.39 is 58.1 Å². The molecule has 4 aromatic rings. The largest absolute Gasteiger partial charge is 1.00 e. The number of phenolic OH excluding ortho intramolecular Hbond substituents is 4. The highest BCUT2D eigenvalue weighted by Gasteiger charge is 2.41. The number of hydrogen-bond donors (Lipinski definition) is 7. The predicted octanol–water partition coefficient (Wildman–Crippen LogP) is -0.000100. The van der Waals surface area contributed by atoms with Crippen LogP contribution >= 0.6 is 0 Å². The van der Waals surface area contributed by atoms with Crippen LogP contribution in [0.15, 0.2) is 65.1 Å². The summed E-state index contributed by atoms with van der Waals surface area (Å²) in [5, 5.41) is 62.3. The molecule has 2 atom stereocenters. The topological polar surface area (TPSA) is 198 Å². The maximum absolute atomic E-state index is 14.0. The average molecular weight is 599 g/mol. The highest BCUT2D eigenvalue weighted by Crippen LogP contribution is 2.38. The van der Waals surface area contributed by atoms with Gasteiger partial charge in [-0.25, -0.2) is 9.59 Å². The van der Waals surface area contributed by atoms with Gasteiger partial charge >= 0.3 is 11.9 Å². The smallest absolute Gasteiger partial charge is 0.405 e. The summed E-state index contributed by atoms with van der Waals surface area (Å²) in [4.78, 5) is 26.8. The van der Waals surface area contributed by atoms with Gasteiger partial charge in [0.05, 0.1) is 0 Å². The number of aliphatic carboxylic acids is 1. The molecule has 0 aliphatic carbocycles. The number of benzene rings is 3. The second kappa shape index (κ2) is 12.8. The number of hydrogen-bond acceptors (Lipinski definition) is 9. The number of halogens is 1. The molecule has 0 radical (unpaired) electrons. The fourth-order valence-electron chi connectivity index (χ4n) is 4.72. The van der Waals surface area contributed by atoms with Gasteiger partial charge in [0.1, 0.15) is 28.5 Å². The van der Waals surface area contributed by atoms with Gasteiger partial charge in [-0.1, -0.05) is 44.2 Å². The van der Waals surface area contributed by atoms with Gasteiger partial charge in [0.15, 0.2) is 17.3 Å². The van der Waals surface area contributed by atoms with Gasteiger partial charge in [0.2, 0.25) is 5.75 Å². The van der Waals surface area contributed by atoms with E-state index in [0.717, 1.165) is 28.8 Å². The van der Waals surface area contributed by atoms with E-state index in [1.165, 1.54) is 6.07 Å². The Labute approximate surface area is 246 Å². The highest BCUT2D eigenvalue weighted by atomic mass is 35.5. The van der Waals surface area contributed by atoms with E-state index in [-0.39, 0.29) is 53.5 Å². The van der Waals surface area contributed by atoms with Crippen LogP contribution in [-0.4, -0.2) is 54.6 Å². The normalized spacial score (nSPS) is 13.3. The Morgan fingerprint density at radius 3 is 2.17 bits per heavy atom. The fourth-order valence-corrected chi connectivity index (χ4v) is 4.72. The summed E-state index contributed by atoms with van der Waals surface area (Å²) in [5.41, 5.74) is 6.68. The molecule has 0 saturated carbocycles. The molecule has 8 N–H and O–H groups in total. The van der Waals surface area contributed by atoms with Crippen molar-refractivity contribution >= 4 is 22.8 Å². The summed E-state index contributed by atoms with van der Waals surface area (Å²) in [7, 11) is 0. The number of phenols is 4. The molecule has 11 nitrogen and oxygen atoms in total. The van der Waals surface area contributed by atoms with Gasteiger partial charge in [-0.05, 0) is 36.1 Å². The van der Waals surface area contributed by atoms with Gasteiger partial charge in [0.25, 0.3) is 11.4 Å². The molecule has 3 aromatic carbocycles. The Bertz CT molecular complexity index is 1700. The molecule has 0 fully saturated rings. The Morgan fingerprint density at radius 2 is 1.57 bits per heavy atom. The number of carboxylic acids is 1. The van der Waals surface area contributed by atoms with Crippen LogP contribution in [0.25, 0.3) is 22.3 Å². The van der Waals surface area contributed by atoms with E-state index in [4.69, 9.17) is 10.2 Å². The first kappa shape index (κ1) is 31.8. The van der Waals surface area contributed by atoms with Crippen LogP contribution in [0.4, 0.5) is 0 Å². The minimum absolute atomic E-state index is 0. The molecule has 0 unspecified atom stereocenters. The molecule has 42 heavy (non-hydrogen) atoms. The van der Waals surface area contributed by atoms with Gasteiger partial charge in [0, 0.05) is 24.1 Å². The van der Waals surface area contributed by atoms with E-state index in [2.05, 4.69) is 0 Å². The van der Waals surface area contributed by atoms with Crippen molar-refractivity contribution in [3.05, 3.63) is 71.6 Å². The maximum atomic E-state index is 14.0. The Kier molecular flexibility index (Phi) is 9.71. The second-order valence-corrected chi connectivity index (χ2v) is 10.2. The number of nitrogens with zero attached hydrogens (tertiary/aromatic N) is 1. The van der Waals surface area contributed by atoms with Gasteiger partial charge in [-0.3, -0.25) is 0 Å². The molecule has 1 heterocycles. The molecule has 0 aliphatic heterocycles. The van der Waals surface area contributed by atoms with Crippen LogP contribution < -0.4 is 28.1 Å². The molecule has 0 aliphatic rings. The molecule has 4 rings (SSSR count). The Morgan fingerprint density at radius 1 is 0.905 bits per heavy atom. The molecule has 12 heteroatoms. The van der Waals surface area contributed by atoms with Crippen LogP contribution in [0.3, 0.4) is 0 Å². The molecular weight excluding hydrogens is 568 g/mol. The van der Waals surface area contributed by atoms with Crippen molar-refractivity contribution in [3.8, 4) is 40.1 Å². The van der Waals surface area contributed by atoms with Crippen molar-refractivity contribution in [3.63, 3.8) is 0 Å². The third kappa shape index (κ3) is 6.42. The van der Waals surface area contributed by atoms with E-state index in [1.54, 1.807) is 30.3 Å². The van der Waals surface area contributed by atoms with Gasteiger partial charge in [-0.2, -0.15) is 0 Å². The van der Waals surface area contributed by atoms with Gasteiger partial charge in [-0.15, -0.1) is 4.58 Å². The molecular formula is C30H31ClN2O9. The van der Waals surface area contributed by atoms with Crippen molar-refractivity contribution in [2.24, 2.45) is 11.7 Å². The number of amides is 1. The number of carbonyl (C=O) groups is 2. The van der Waals surface area contributed by atoms with Crippen molar-refractivity contribution in [1.29, 1.82) is 0 Å². The van der Waals surface area contributed by atoms with Gasteiger partial charge < -0.3 is 53.2 Å². The number of nitrogens with two attached hydrogens (primary N) is 1. The number of fused-ring (bicyclic) bond motifs is 1. The summed E-state index contributed by atoms with van der Waals surface area (Å²) in [5.74, 6) is -5.38. The standard InChI is InChI=1S/C30H30N2O9.ClH/c1-15(2)10-19(31)29(38)32(20(30(39)40)11-16-6-4-3-5-7-16)26-25-23(36)13-18(33)14-24(25)41-28(27(26)37)17-8-9-21(34)22(35)12-17;/h3-9,12-15,19-20H,10-11,31H2,1-2H3,(H5,33,34,35,36,37,39,40);1H/t19-,20-;/m0./s1. The van der Waals surface area contributed by atoms with Crippen LogP contribution in [-0.2, 0) is 16.0 Å². The van der Waals surface area contributed by atoms with Crippen LogP contribution in [0.5, 0.6) is 28.7 Å². The summed E-state index contributed by atoms with van der Waals surface area (Å²) in [6, 6.07) is 11.4. The summed E-state index contributed by atoms with van der Waals surface area (Å²) in [6.45, 7) is 3.68. The lowest BCUT2D eigenvalue weighted by atomic mass is 10.0. The third-order valence-corrected chi connectivity index (χ3v) is 6.58. The van der Waals surface area contributed by atoms with Crippen molar-refractivity contribution < 1.29 is 57.1 Å². The second-order valence-electron chi connectivity index (χ2n) is 10.2. The summed E-state index contributed by atoms with van der Waals surface area (Å²) >= 11 is 0. The lowest BCUT2D eigenvalue weighted by Gasteiger charge is -2.17. The minimum Gasteiger partial charge on any atom is -1.00 e. The maximum Gasteiger partial charge on any atom is 0.405 e. The van der Waals surface area contributed by atoms with Crippen molar-refractivity contribution in [1.82, 2.24) is 4.58 Å². The van der Waals surface area contributed by atoms with E-state index in [1.807, 2.05) is 13.8 Å². The van der Waals surface area contributed by atoms with Crippen LogP contribution in [0, 0.1) is 5.92 Å². The predicted molar refractivity (Wildman–Crippen MR) is 149 cm³/mol. The van der Waals surface area contributed by atoms with Crippen molar-refractivity contribution in [2.45, 2.75) is 38.8 Å². The zero-order chi connectivity index (χ0) is 30.0. The SMILES string of the molecule is CC(C)C[C@H](N)C(=O)[N+](=c1c(O)c(-c2ccc(O)c(O)c2)oc2cc(O)cc(O)c12)[C@@H](Cc1ccccc1)C(=O)O.[Cl-]. The number of carbonyl (C=O) groups excluding carboxylic acids is 1. The molecule has 0 spiro atoms. The highest BCUT2D eigenvalue weighted by molar-refractivity contribution is 5.93. The monoisotopic (exact) mass is 598 g/mol. The third-order valence-electron chi connectivity index (χ3n) is 6.58. The summed E-state index contributed by atoms with van der Waals surface area (Å²) < 4.78 is 6.65. The Hall–Kier alpha value is -4.74. The Balaban J connectivity index is 0.00000484. The molecule has 1 amide bonds. The molecule has 0 bridgehead atoms. The minimum atomic E-state index is -1.60. The van der Waals surface area contributed by atoms with Crippen molar-refractivity contribution in [2.75, 3.05) is 0 Å². The molecule has 0 saturated heterocycles. The van der Waals surface area contributed by atoms with Crippen LogP contribution in [0.2, 0.25) is 0 Å². The zero-order valence-electron chi connectivity index (χ0n) is 22.7. The molecule has 222 valence electrons. The van der Waals surface area contributed by atoms with E-state index in [9.17, 15) is 40.2 Å². The number of carboxylic acid groups (broad SMARTS) is 1. The van der Waals surface area contributed by atoms with E-state index in [0.29, 0.717) is 5.56 Å². The lowest BCUT2D eigenvalue weighted by Crippen LogP contribution is -3.00. The quantitative estimate of drug-likeness (QED) is 0.107. The first-order valence-corrected chi connectivity index (χ1v) is 12.8. The molecule has 1 aromatic heterocycles. The number of aromatic hydroxyl groups is 5. The first-order chi connectivity index (χ1) is 19.4. The number of rotatable bonds is 8. The average Bonchev–Trinajstić information content (AvgIpc) is 2.90. The van der Waals surface area contributed by atoms with Crippen LogP contribution in [0.1, 0.15) is 25.8 Å². The van der Waals surface area contributed by atoms with E-state index >= 15 is 0 Å².